The van der Waals surface area contributed by atoms with Crippen LogP contribution < -0.4 is 37.7 Å². The van der Waals surface area contributed by atoms with Crippen LogP contribution in [0.4, 0.5) is 0 Å². The number of hydrogen-bond acceptors (Lipinski definition) is 6. The van der Waals surface area contributed by atoms with Gasteiger partial charge in [-0.05, 0) is 0 Å². The van der Waals surface area contributed by atoms with E-state index in [0.717, 1.165) is 29.8 Å². The van der Waals surface area contributed by atoms with E-state index in [0.29, 0.717) is 0 Å². The summed E-state index contributed by atoms with van der Waals surface area (Å²) < 4.78 is 0. The Kier molecular flexibility index (Phi) is 9.22. The van der Waals surface area contributed by atoms with Crippen LogP contribution in [0.5, 0.6) is 0 Å². The van der Waals surface area contributed by atoms with Crippen molar-refractivity contribution in [3.8, 4) is 29.8 Å². The topological polar surface area (TPSA) is 143 Å². The van der Waals surface area contributed by atoms with Gasteiger partial charge in [0.1, 0.15) is 0 Å². The van der Waals surface area contributed by atoms with Crippen LogP contribution in [0.25, 0.3) is 0 Å². The van der Waals surface area contributed by atoms with E-state index < -0.39 is 10.7 Å². The molecule has 0 aliphatic carbocycles. The average molecular weight is 289 g/mol. The summed E-state index contributed by atoms with van der Waals surface area (Å²) in [4.78, 5) is 6.19. The zero-order valence-electron chi connectivity index (χ0n) is 8.34. The predicted octanol–water partition coefficient (Wildman–Crippen LogP) is -5.90. The maximum absolute atomic E-state index is 8.58. The Labute approximate surface area is 126 Å². The number of hydrogen-bond donors (Lipinski definition) is 0. The molecular formula is C6CuFeLi2N6. The largest absolute Gasteiger partial charge is 2.00 e. The van der Waals surface area contributed by atoms with Gasteiger partial charge in [-0.15, -0.1) is 0 Å². The molecule has 0 aromatic heterocycles. The summed E-state index contributed by atoms with van der Waals surface area (Å²) in [5.41, 5.74) is 0. The molecule has 0 saturated heterocycles. The monoisotopic (exact) mass is 289 g/mol. The minimum Gasteiger partial charge on any atom is 1.00 e. The number of rotatable bonds is 0. The van der Waals surface area contributed by atoms with Gasteiger partial charge in [0, 0.05) is 0 Å². The van der Waals surface area contributed by atoms with E-state index >= 15 is 0 Å². The van der Waals surface area contributed by atoms with Crippen LogP contribution in [-0.2, 0) is 27.8 Å². The Morgan fingerprint density at radius 2 is 0.625 bits per heavy atom. The molecule has 0 unspecified atom stereocenters. The van der Waals surface area contributed by atoms with Crippen molar-refractivity contribution in [2.75, 3.05) is 0 Å². The molecule has 16 heavy (non-hydrogen) atoms. The maximum atomic E-state index is 8.58. The van der Waals surface area contributed by atoms with Gasteiger partial charge in [0.2, 0.25) is 0 Å². The molecule has 0 spiro atoms. The molecule has 0 aromatic carbocycles. The molecule has 0 aromatic rings. The maximum Gasteiger partial charge on any atom is 2.00 e. The summed E-state index contributed by atoms with van der Waals surface area (Å²) in [6.07, 6.45) is 0. The van der Waals surface area contributed by atoms with Crippen molar-refractivity contribution in [2.24, 2.45) is 0 Å². The summed E-state index contributed by atoms with van der Waals surface area (Å²) in [5.74, 6) is 0. The average Bonchev–Trinajstić information content (AvgIpc) is 2.26. The van der Waals surface area contributed by atoms with Crippen LogP contribution in [0.2, 0.25) is 0 Å². The molecule has 1 radical (unpaired) electrons. The van der Waals surface area contributed by atoms with Gasteiger partial charge in [-0.25, -0.2) is 0 Å². The first kappa shape index (κ1) is 24.4. The van der Waals surface area contributed by atoms with E-state index in [1.165, 1.54) is 0 Å². The predicted molar refractivity (Wildman–Crippen MR) is 33.7 cm³/mol. The zero-order valence-corrected chi connectivity index (χ0v) is 10.4. The first-order valence-corrected chi connectivity index (χ1v) is 5.71. The number of nitriles is 6. The number of nitrogens with zero attached hydrogens (tertiary/aromatic N) is 6. The molecule has 75 valence electrons. The van der Waals surface area contributed by atoms with Crippen LogP contribution in [0, 0.1) is 61.4 Å². The van der Waals surface area contributed by atoms with Crippen molar-refractivity contribution in [3.63, 3.8) is 0 Å². The summed E-state index contributed by atoms with van der Waals surface area (Å²) in [7, 11) is -6.17. The molecule has 0 rings (SSSR count). The Morgan fingerprint density at radius 1 is 0.500 bits per heavy atom. The Hall–Kier alpha value is -0.826. The van der Waals surface area contributed by atoms with Gasteiger partial charge in [0.25, 0.3) is 0 Å². The second kappa shape index (κ2) is 6.04. The van der Waals surface area contributed by atoms with Crippen molar-refractivity contribution >= 4 is 0 Å². The summed E-state index contributed by atoms with van der Waals surface area (Å²) in [5, 5.41) is 51.5. The van der Waals surface area contributed by atoms with Gasteiger partial charge < -0.3 is 0 Å². The van der Waals surface area contributed by atoms with Gasteiger partial charge in [0.05, 0.1) is 0 Å². The molecule has 0 saturated carbocycles. The summed E-state index contributed by atoms with van der Waals surface area (Å²) >= 11 is 0. The first-order valence-electron chi connectivity index (χ1n) is 2.40. The second-order valence-electron chi connectivity index (χ2n) is 1.80. The third kappa shape index (κ3) is 2.29. The molecule has 0 N–H and O–H groups in total. The molecule has 0 amide bonds. The third-order valence-electron chi connectivity index (χ3n) is 1.19. The van der Waals surface area contributed by atoms with Gasteiger partial charge in [0.15, 0.2) is 0 Å². The van der Waals surface area contributed by atoms with E-state index in [9.17, 15) is 0 Å². The van der Waals surface area contributed by atoms with Gasteiger partial charge in [-0.2, -0.15) is 0 Å². The molecule has 6 nitrogen and oxygen atoms in total. The minimum absolute atomic E-state index is 0. The fourth-order valence-electron chi connectivity index (χ4n) is 0.265. The summed E-state index contributed by atoms with van der Waals surface area (Å²) in [6.45, 7) is 0. The van der Waals surface area contributed by atoms with Crippen molar-refractivity contribution in [2.45, 2.75) is 0 Å². The molecule has 10 heteroatoms. The van der Waals surface area contributed by atoms with Crippen LogP contribution in [-0.4, -0.2) is 0 Å². The summed E-state index contributed by atoms with van der Waals surface area (Å²) in [6, 6.07) is 0. The quantitative estimate of drug-likeness (QED) is 0.406. The SMILES string of the molecule is N#[C][Fe-4]([C]#N)([C]#N)([C]#N)([C]#N)[C]#N.[Cu+2].[Li+].[Li+]. The first-order chi connectivity index (χ1) is 5.97. The Morgan fingerprint density at radius 3 is 0.625 bits per heavy atom. The zero-order chi connectivity index (χ0) is 10.7. The van der Waals surface area contributed by atoms with Crippen LogP contribution in [0.1, 0.15) is 0 Å². The van der Waals surface area contributed by atoms with Gasteiger partial charge >= 0.3 is 127 Å². The van der Waals surface area contributed by atoms with E-state index in [1.54, 1.807) is 0 Å². The molecule has 0 fully saturated rings. The third-order valence-corrected chi connectivity index (χ3v) is 4.89. The van der Waals surface area contributed by atoms with Crippen LogP contribution >= 0.6 is 0 Å². The van der Waals surface area contributed by atoms with E-state index in [1.807, 2.05) is 0 Å². The molecule has 0 atom stereocenters. The normalized spacial score (nSPS) is 10.9. The fourth-order valence-corrected chi connectivity index (χ4v) is 1.09. The van der Waals surface area contributed by atoms with Gasteiger partial charge in [-0.1, -0.05) is 0 Å². The van der Waals surface area contributed by atoms with Crippen molar-refractivity contribution in [1.29, 1.82) is 31.6 Å². The molecule has 0 bridgehead atoms. The fraction of sp³-hybridized carbons (Fsp3) is 0. The van der Waals surface area contributed by atoms with Crippen LogP contribution in [0.3, 0.4) is 0 Å². The minimum atomic E-state index is -6.17. The Bertz CT molecular complexity index is 401. The van der Waals surface area contributed by atoms with E-state index in [-0.39, 0.29) is 54.8 Å². The van der Waals surface area contributed by atoms with Crippen molar-refractivity contribution in [1.82, 2.24) is 0 Å². The molecule has 0 heterocycles. The smallest absolute Gasteiger partial charge is 1.00 e. The van der Waals surface area contributed by atoms with Crippen LogP contribution in [0.15, 0.2) is 0 Å². The molecule has 0 aliphatic heterocycles. The van der Waals surface area contributed by atoms with Crippen molar-refractivity contribution in [3.05, 3.63) is 0 Å². The van der Waals surface area contributed by atoms with Crippen molar-refractivity contribution < 1.29 is 65.5 Å². The molecule has 0 aliphatic rings. The van der Waals surface area contributed by atoms with Gasteiger partial charge in [-0.3, -0.25) is 0 Å². The second-order valence-corrected chi connectivity index (χ2v) is 7.42. The Balaban J connectivity index is -0.000000240. The van der Waals surface area contributed by atoms with E-state index in [4.69, 9.17) is 31.6 Å². The standard InChI is InChI=1S/6CN.Cu.Fe.2Li/c6*1-2;;;;/q;;;;;;+2;-4;2*+1. The molecular weight excluding hydrogens is 289 g/mol. The van der Waals surface area contributed by atoms with E-state index in [2.05, 4.69) is 0 Å².